The number of ether oxygens (including phenoxy) is 1. The van der Waals surface area contributed by atoms with Crippen molar-refractivity contribution in [1.29, 1.82) is 0 Å². The number of thioether (sulfide) groups is 1. The monoisotopic (exact) mass is 588 g/mol. The standard InChI is InChI=1S/C36H48O3SSi/c1-9-35(10-2,30-15-17-32(26(3)23-30)29-13-11-28(12-14-29)25-34(37)38-5)31-16-18-33(27(4)24-31)36(39-41(6,7)8)19-21-40-22-20-36/h11-18,23-24H,9-10,19-22,25H2,1-8H3. The van der Waals surface area contributed by atoms with E-state index in [-0.39, 0.29) is 17.0 Å². The highest BCUT2D eigenvalue weighted by atomic mass is 32.2. The van der Waals surface area contributed by atoms with E-state index in [4.69, 9.17) is 9.16 Å². The molecule has 0 aliphatic carbocycles. The van der Waals surface area contributed by atoms with E-state index < -0.39 is 8.32 Å². The molecule has 3 nitrogen and oxygen atoms in total. The van der Waals surface area contributed by atoms with Gasteiger partial charge in [-0.1, -0.05) is 74.5 Å². The van der Waals surface area contributed by atoms with E-state index in [0.717, 1.165) is 31.2 Å². The van der Waals surface area contributed by atoms with Crippen molar-refractivity contribution in [1.82, 2.24) is 0 Å². The van der Waals surface area contributed by atoms with Crippen molar-refractivity contribution in [2.45, 2.75) is 90.5 Å². The Labute approximate surface area is 253 Å². The number of methoxy groups -OCH3 is 1. The minimum absolute atomic E-state index is 0.0494. The molecule has 41 heavy (non-hydrogen) atoms. The van der Waals surface area contributed by atoms with Gasteiger partial charge < -0.3 is 9.16 Å². The van der Waals surface area contributed by atoms with Gasteiger partial charge in [-0.2, -0.15) is 11.8 Å². The molecule has 4 rings (SSSR count). The van der Waals surface area contributed by atoms with Gasteiger partial charge in [-0.25, -0.2) is 0 Å². The van der Waals surface area contributed by atoms with E-state index in [2.05, 4.69) is 108 Å². The van der Waals surface area contributed by atoms with Crippen LogP contribution in [0.5, 0.6) is 0 Å². The summed E-state index contributed by atoms with van der Waals surface area (Å²) >= 11 is 2.06. The Morgan fingerprint density at radius 2 is 1.46 bits per heavy atom. The first-order valence-electron chi connectivity index (χ1n) is 15.1. The smallest absolute Gasteiger partial charge is 0.309 e. The average Bonchev–Trinajstić information content (AvgIpc) is 2.94. The fourth-order valence-electron chi connectivity index (χ4n) is 6.75. The number of rotatable bonds is 10. The van der Waals surface area contributed by atoms with Crippen LogP contribution in [-0.4, -0.2) is 32.9 Å². The molecule has 3 aromatic rings. The first kappa shape index (κ1) is 31.6. The van der Waals surface area contributed by atoms with Gasteiger partial charge in [-0.15, -0.1) is 0 Å². The summed E-state index contributed by atoms with van der Waals surface area (Å²) in [7, 11) is -0.291. The molecule has 0 spiro atoms. The number of hydrogen-bond acceptors (Lipinski definition) is 4. The summed E-state index contributed by atoms with van der Waals surface area (Å²) in [6.45, 7) is 16.1. The van der Waals surface area contributed by atoms with Crippen LogP contribution in [0.3, 0.4) is 0 Å². The molecule has 3 aromatic carbocycles. The van der Waals surface area contributed by atoms with Gasteiger partial charge in [0.25, 0.3) is 0 Å². The Kier molecular flexibility index (Phi) is 9.93. The molecule has 0 amide bonds. The summed E-state index contributed by atoms with van der Waals surface area (Å²) in [5, 5.41) is 0. The van der Waals surface area contributed by atoms with Crippen LogP contribution in [0.25, 0.3) is 11.1 Å². The Morgan fingerprint density at radius 1 is 0.878 bits per heavy atom. The maximum Gasteiger partial charge on any atom is 0.309 e. The summed E-state index contributed by atoms with van der Waals surface area (Å²) in [6.07, 6.45) is 4.57. The van der Waals surface area contributed by atoms with Gasteiger partial charge in [0.05, 0.1) is 19.1 Å². The predicted octanol–water partition coefficient (Wildman–Crippen LogP) is 9.37. The van der Waals surface area contributed by atoms with Gasteiger partial charge in [0, 0.05) is 5.41 Å². The highest BCUT2D eigenvalue weighted by molar-refractivity contribution is 7.99. The number of aryl methyl sites for hydroxylation is 2. The minimum atomic E-state index is -1.72. The SMILES string of the molecule is CCC(CC)(c1ccc(-c2ccc(CC(=O)OC)cc2)c(C)c1)c1ccc(C2(O[Si](C)(C)C)CCSCC2)c(C)c1. The number of carbonyl (C=O) groups is 1. The van der Waals surface area contributed by atoms with E-state index in [1.54, 1.807) is 0 Å². The zero-order chi connectivity index (χ0) is 29.8. The molecule has 1 aliphatic heterocycles. The number of benzene rings is 3. The number of esters is 1. The van der Waals surface area contributed by atoms with Gasteiger partial charge in [0.15, 0.2) is 8.32 Å². The fourth-order valence-corrected chi connectivity index (χ4v) is 9.38. The van der Waals surface area contributed by atoms with Gasteiger partial charge in [-0.3, -0.25) is 4.79 Å². The van der Waals surface area contributed by atoms with Crippen LogP contribution in [0.4, 0.5) is 0 Å². The van der Waals surface area contributed by atoms with Crippen molar-refractivity contribution in [3.05, 3.63) is 94.0 Å². The molecule has 0 atom stereocenters. The van der Waals surface area contributed by atoms with Crippen molar-refractivity contribution in [3.8, 4) is 11.1 Å². The van der Waals surface area contributed by atoms with Crippen LogP contribution in [0, 0.1) is 13.8 Å². The molecule has 0 unspecified atom stereocenters. The molecule has 0 bridgehead atoms. The molecular weight excluding hydrogens is 541 g/mol. The first-order valence-corrected chi connectivity index (χ1v) is 19.7. The lowest BCUT2D eigenvalue weighted by molar-refractivity contribution is -0.139. The molecule has 220 valence electrons. The van der Waals surface area contributed by atoms with E-state index >= 15 is 0 Å². The van der Waals surface area contributed by atoms with Crippen molar-refractivity contribution in [2.75, 3.05) is 18.6 Å². The maximum atomic E-state index is 11.7. The van der Waals surface area contributed by atoms with E-state index in [0.29, 0.717) is 6.42 Å². The van der Waals surface area contributed by atoms with Crippen LogP contribution < -0.4 is 0 Å². The third kappa shape index (κ3) is 6.84. The quantitative estimate of drug-likeness (QED) is 0.175. The highest BCUT2D eigenvalue weighted by Gasteiger charge is 2.41. The van der Waals surface area contributed by atoms with Gasteiger partial charge >= 0.3 is 5.97 Å². The summed E-state index contributed by atoms with van der Waals surface area (Å²) in [5.74, 6) is 2.12. The first-order chi connectivity index (χ1) is 19.5. The van der Waals surface area contributed by atoms with Crippen molar-refractivity contribution in [2.24, 2.45) is 0 Å². The van der Waals surface area contributed by atoms with Crippen molar-refractivity contribution in [3.63, 3.8) is 0 Å². The summed E-state index contributed by atoms with van der Waals surface area (Å²) in [5.41, 5.74) is 9.96. The summed E-state index contributed by atoms with van der Waals surface area (Å²) < 4.78 is 11.8. The average molecular weight is 589 g/mol. The molecule has 0 radical (unpaired) electrons. The zero-order valence-corrected chi connectivity index (χ0v) is 28.2. The van der Waals surface area contributed by atoms with Crippen LogP contribution in [0.1, 0.15) is 72.9 Å². The molecule has 1 fully saturated rings. The van der Waals surface area contributed by atoms with Gasteiger partial charge in [0.1, 0.15) is 0 Å². The third-order valence-electron chi connectivity index (χ3n) is 8.90. The predicted molar refractivity (Wildman–Crippen MR) is 178 cm³/mol. The lowest BCUT2D eigenvalue weighted by Gasteiger charge is -2.43. The zero-order valence-electron chi connectivity index (χ0n) is 26.4. The number of hydrogen-bond donors (Lipinski definition) is 0. The molecule has 0 N–H and O–H groups in total. The molecular formula is C36H48O3SSi. The number of carbonyl (C=O) groups excluding carboxylic acids is 1. The van der Waals surface area contributed by atoms with E-state index in [9.17, 15) is 4.79 Å². The minimum Gasteiger partial charge on any atom is -0.469 e. The third-order valence-corrected chi connectivity index (χ3v) is 10.9. The molecule has 1 heterocycles. The molecule has 1 aliphatic rings. The van der Waals surface area contributed by atoms with Crippen molar-refractivity contribution < 1.29 is 14.0 Å². The lowest BCUT2D eigenvalue weighted by atomic mass is 9.69. The second-order valence-corrected chi connectivity index (χ2v) is 18.3. The van der Waals surface area contributed by atoms with Gasteiger partial charge in [0.2, 0.25) is 0 Å². The highest BCUT2D eigenvalue weighted by Crippen LogP contribution is 2.46. The van der Waals surface area contributed by atoms with Crippen molar-refractivity contribution >= 4 is 26.0 Å². The second-order valence-electron chi connectivity index (χ2n) is 12.6. The molecule has 0 saturated carbocycles. The Morgan fingerprint density at radius 3 is 1.98 bits per heavy atom. The van der Waals surface area contributed by atoms with Crippen LogP contribution in [0.2, 0.25) is 19.6 Å². The topological polar surface area (TPSA) is 35.5 Å². The Balaban J connectivity index is 1.69. The Hall–Kier alpha value is -2.34. The van der Waals surface area contributed by atoms with Gasteiger partial charge in [-0.05, 0) is 115 Å². The van der Waals surface area contributed by atoms with Crippen LogP contribution in [0.15, 0.2) is 60.7 Å². The van der Waals surface area contributed by atoms with Crippen LogP contribution >= 0.6 is 11.8 Å². The second kappa shape index (κ2) is 12.9. The maximum absolute atomic E-state index is 11.7. The van der Waals surface area contributed by atoms with Crippen LogP contribution in [-0.2, 0) is 31.4 Å². The lowest BCUT2D eigenvalue weighted by Crippen LogP contribution is -2.43. The fraction of sp³-hybridized carbons (Fsp3) is 0.472. The van der Waals surface area contributed by atoms with E-state index in [1.807, 2.05) is 12.1 Å². The largest absolute Gasteiger partial charge is 0.469 e. The molecule has 1 saturated heterocycles. The van der Waals surface area contributed by atoms with E-state index in [1.165, 1.54) is 57.6 Å². The Bertz CT molecular complexity index is 1350. The molecule has 5 heteroatoms. The molecule has 0 aromatic heterocycles. The normalized spacial score (nSPS) is 15.5. The summed E-state index contributed by atoms with van der Waals surface area (Å²) in [6, 6.07) is 22.5. The summed E-state index contributed by atoms with van der Waals surface area (Å²) in [4.78, 5) is 11.7.